The van der Waals surface area contributed by atoms with Crippen molar-refractivity contribution in [2.24, 2.45) is 0 Å². The number of likely N-dealkylation sites (N-methyl/N-ethyl adjacent to an activating group) is 1. The molecule has 9 heteroatoms. The van der Waals surface area contributed by atoms with Crippen LogP contribution in [0.5, 0.6) is 0 Å². The average Bonchev–Trinajstić information content (AvgIpc) is 2.77. The molecule has 1 unspecified atom stereocenters. The van der Waals surface area contributed by atoms with Gasteiger partial charge in [0.15, 0.2) is 4.21 Å². The van der Waals surface area contributed by atoms with Crippen molar-refractivity contribution in [3.63, 3.8) is 0 Å². The number of hydrogen-bond donors (Lipinski definition) is 2. The lowest BCUT2D eigenvalue weighted by molar-refractivity contribution is -0.125. The van der Waals surface area contributed by atoms with Crippen molar-refractivity contribution in [3.05, 3.63) is 15.4 Å². The normalized spacial score (nSPS) is 20.8. The summed E-state index contributed by atoms with van der Waals surface area (Å²) in [5.74, 6) is -0.311. The zero-order chi connectivity index (χ0) is 14.9. The van der Waals surface area contributed by atoms with Crippen molar-refractivity contribution in [3.8, 4) is 0 Å². The molecule has 1 amide bonds. The molecule has 1 aromatic rings. The summed E-state index contributed by atoms with van der Waals surface area (Å²) >= 11 is 0.664. The van der Waals surface area contributed by atoms with Crippen LogP contribution in [0.3, 0.4) is 0 Å². The number of aromatic nitrogens is 1. The van der Waals surface area contributed by atoms with Crippen LogP contribution >= 0.6 is 11.3 Å². The molecule has 1 fully saturated rings. The molecule has 1 saturated heterocycles. The lowest BCUT2D eigenvalue weighted by atomic mass is 10.0. The number of carbonyl (C=O) groups excluding carboxylic acids is 1. The van der Waals surface area contributed by atoms with Gasteiger partial charge in [0.1, 0.15) is 6.04 Å². The van der Waals surface area contributed by atoms with E-state index in [1.54, 1.807) is 6.92 Å². The minimum atomic E-state index is -3.82. The van der Waals surface area contributed by atoms with E-state index < -0.39 is 20.9 Å². The summed E-state index contributed by atoms with van der Waals surface area (Å²) in [7, 11) is -2.33. The van der Waals surface area contributed by atoms with Gasteiger partial charge >= 0.3 is 4.87 Å². The first-order valence-corrected chi connectivity index (χ1v) is 8.56. The molecule has 0 aliphatic carbocycles. The van der Waals surface area contributed by atoms with Gasteiger partial charge in [0, 0.05) is 19.3 Å². The maximum absolute atomic E-state index is 12.6. The predicted octanol–water partition coefficient (Wildman–Crippen LogP) is 0.0340. The summed E-state index contributed by atoms with van der Waals surface area (Å²) in [6.45, 7) is 1.84. The van der Waals surface area contributed by atoms with Gasteiger partial charge in [-0.15, -0.1) is 0 Å². The van der Waals surface area contributed by atoms with Crippen LogP contribution in [-0.4, -0.2) is 43.2 Å². The molecule has 7 nitrogen and oxygen atoms in total. The maximum Gasteiger partial charge on any atom is 0.305 e. The number of amides is 1. The summed E-state index contributed by atoms with van der Waals surface area (Å²) in [6.07, 6.45) is 2.02. The first-order valence-electron chi connectivity index (χ1n) is 6.31. The summed E-state index contributed by atoms with van der Waals surface area (Å²) in [4.78, 5) is 25.2. The molecule has 0 radical (unpaired) electrons. The number of aryl methyl sites for hydroxylation is 1. The second kappa shape index (κ2) is 5.66. The van der Waals surface area contributed by atoms with E-state index in [4.69, 9.17) is 0 Å². The molecule has 1 aliphatic rings. The van der Waals surface area contributed by atoms with Crippen molar-refractivity contribution in [2.45, 2.75) is 36.4 Å². The molecule has 2 heterocycles. The highest BCUT2D eigenvalue weighted by molar-refractivity contribution is 7.91. The Morgan fingerprint density at radius 3 is 2.70 bits per heavy atom. The Morgan fingerprint density at radius 1 is 1.45 bits per heavy atom. The fourth-order valence-corrected chi connectivity index (χ4v) is 5.43. The third-order valence-corrected chi connectivity index (χ3v) is 6.82. The molecule has 20 heavy (non-hydrogen) atoms. The Hall–Kier alpha value is -1.19. The van der Waals surface area contributed by atoms with Crippen LogP contribution in [0.1, 0.15) is 25.0 Å². The van der Waals surface area contributed by atoms with Gasteiger partial charge in [0.25, 0.3) is 10.0 Å². The van der Waals surface area contributed by atoms with Gasteiger partial charge in [-0.3, -0.25) is 9.59 Å². The average molecular weight is 319 g/mol. The van der Waals surface area contributed by atoms with Gasteiger partial charge in [0.05, 0.1) is 0 Å². The van der Waals surface area contributed by atoms with E-state index in [0.717, 1.165) is 6.42 Å². The molecule has 1 aromatic heterocycles. The van der Waals surface area contributed by atoms with E-state index >= 15 is 0 Å². The number of sulfonamides is 1. The van der Waals surface area contributed by atoms with Crippen molar-refractivity contribution < 1.29 is 13.2 Å². The third-order valence-electron chi connectivity index (χ3n) is 3.33. The molecular formula is C11H17N3O4S2. The Kier molecular flexibility index (Phi) is 4.31. The maximum atomic E-state index is 12.6. The number of thiazole rings is 1. The Labute approximate surface area is 121 Å². The molecule has 0 spiro atoms. The molecule has 2 N–H and O–H groups in total. The predicted molar refractivity (Wildman–Crippen MR) is 75.3 cm³/mol. The monoisotopic (exact) mass is 319 g/mol. The molecule has 1 atom stereocenters. The Balaban J connectivity index is 2.43. The largest absolute Gasteiger partial charge is 0.358 e. The van der Waals surface area contributed by atoms with Gasteiger partial charge in [-0.05, 0) is 19.8 Å². The lowest BCUT2D eigenvalue weighted by Crippen LogP contribution is -2.51. The molecule has 0 aromatic carbocycles. The summed E-state index contributed by atoms with van der Waals surface area (Å²) < 4.78 is 26.5. The van der Waals surface area contributed by atoms with Crippen LogP contribution in [0, 0.1) is 6.92 Å². The van der Waals surface area contributed by atoms with Gasteiger partial charge in [0.2, 0.25) is 5.91 Å². The van der Waals surface area contributed by atoms with Crippen LogP contribution in [0.15, 0.2) is 9.00 Å². The number of carbonyl (C=O) groups is 1. The van der Waals surface area contributed by atoms with Crippen LogP contribution < -0.4 is 10.2 Å². The molecule has 1 aliphatic heterocycles. The number of rotatable bonds is 3. The number of hydrogen-bond acceptors (Lipinski definition) is 5. The zero-order valence-electron chi connectivity index (χ0n) is 11.3. The third kappa shape index (κ3) is 2.65. The molecule has 2 rings (SSSR count). The van der Waals surface area contributed by atoms with E-state index in [2.05, 4.69) is 10.3 Å². The van der Waals surface area contributed by atoms with E-state index in [0.29, 0.717) is 36.4 Å². The Morgan fingerprint density at radius 2 is 2.15 bits per heavy atom. The second-order valence-corrected chi connectivity index (χ2v) is 7.74. The number of piperidine rings is 1. The van der Waals surface area contributed by atoms with Crippen LogP contribution in [-0.2, 0) is 14.8 Å². The van der Waals surface area contributed by atoms with Crippen LogP contribution in [0.25, 0.3) is 0 Å². The first-order chi connectivity index (χ1) is 9.37. The van der Waals surface area contributed by atoms with Gasteiger partial charge in [-0.2, -0.15) is 4.31 Å². The minimum Gasteiger partial charge on any atom is -0.358 e. The summed E-state index contributed by atoms with van der Waals surface area (Å²) in [5, 5.41) is 2.50. The van der Waals surface area contributed by atoms with Crippen molar-refractivity contribution in [1.82, 2.24) is 14.6 Å². The zero-order valence-corrected chi connectivity index (χ0v) is 12.9. The van der Waals surface area contributed by atoms with Gasteiger partial charge in [-0.1, -0.05) is 17.8 Å². The van der Waals surface area contributed by atoms with E-state index in [1.807, 2.05) is 0 Å². The molecule has 0 saturated carbocycles. The minimum absolute atomic E-state index is 0.00157. The van der Waals surface area contributed by atoms with E-state index in [1.165, 1.54) is 11.4 Å². The van der Waals surface area contributed by atoms with Crippen molar-refractivity contribution >= 4 is 27.3 Å². The summed E-state index contributed by atoms with van der Waals surface area (Å²) in [5.41, 5.74) is 0.321. The highest BCUT2D eigenvalue weighted by Gasteiger charge is 2.38. The first kappa shape index (κ1) is 15.2. The van der Waals surface area contributed by atoms with Crippen molar-refractivity contribution in [2.75, 3.05) is 13.6 Å². The Bertz CT molecular complexity index is 661. The van der Waals surface area contributed by atoms with E-state index in [-0.39, 0.29) is 10.1 Å². The quantitative estimate of drug-likeness (QED) is 0.821. The topological polar surface area (TPSA) is 99.3 Å². The molecular weight excluding hydrogens is 302 g/mol. The number of H-pyrrole nitrogens is 1. The fraction of sp³-hybridized carbons (Fsp3) is 0.636. The van der Waals surface area contributed by atoms with Gasteiger partial charge < -0.3 is 10.3 Å². The highest BCUT2D eigenvalue weighted by atomic mass is 32.2. The number of nitrogens with one attached hydrogen (secondary N) is 2. The fourth-order valence-electron chi connectivity index (χ4n) is 2.36. The lowest BCUT2D eigenvalue weighted by Gasteiger charge is -2.32. The second-order valence-electron chi connectivity index (χ2n) is 4.67. The van der Waals surface area contributed by atoms with Gasteiger partial charge in [-0.25, -0.2) is 8.42 Å². The van der Waals surface area contributed by atoms with Crippen LogP contribution in [0.4, 0.5) is 0 Å². The smallest absolute Gasteiger partial charge is 0.305 e. The summed E-state index contributed by atoms with van der Waals surface area (Å²) in [6, 6.07) is -0.699. The SMILES string of the molecule is CNC(=O)C1CCCCN1S(=O)(=O)c1sc(=O)[nH]c1C. The highest BCUT2D eigenvalue weighted by Crippen LogP contribution is 2.28. The van der Waals surface area contributed by atoms with Crippen LogP contribution in [0.2, 0.25) is 0 Å². The number of nitrogens with zero attached hydrogens (tertiary/aromatic N) is 1. The standard InChI is InChI=1S/C11H17N3O4S2/c1-7-10(19-11(16)13-7)20(17,18)14-6-4-3-5-8(14)9(15)12-2/h8H,3-6H2,1-2H3,(H,12,15)(H,13,16). The number of aromatic amines is 1. The van der Waals surface area contributed by atoms with E-state index in [9.17, 15) is 18.0 Å². The molecule has 0 bridgehead atoms. The van der Waals surface area contributed by atoms with Crippen molar-refractivity contribution in [1.29, 1.82) is 0 Å². The molecule has 112 valence electrons.